The van der Waals surface area contributed by atoms with Gasteiger partial charge >= 0.3 is 0 Å². The molecule has 0 aliphatic heterocycles. The summed E-state index contributed by atoms with van der Waals surface area (Å²) in [5, 5.41) is 2.80. The van der Waals surface area contributed by atoms with E-state index in [1.807, 2.05) is 23.6 Å². The molecule has 0 saturated carbocycles. The van der Waals surface area contributed by atoms with Crippen molar-refractivity contribution in [2.75, 3.05) is 0 Å². The Morgan fingerprint density at radius 1 is 1.00 bits per heavy atom. The maximum absolute atomic E-state index is 12.5. The molecule has 0 spiro atoms. The van der Waals surface area contributed by atoms with Crippen LogP contribution < -0.4 is 0 Å². The van der Waals surface area contributed by atoms with Crippen LogP contribution >= 0.6 is 11.3 Å². The number of sulfone groups is 1. The van der Waals surface area contributed by atoms with Crippen molar-refractivity contribution in [2.24, 2.45) is 0 Å². The van der Waals surface area contributed by atoms with Crippen LogP contribution in [0.3, 0.4) is 0 Å². The minimum Gasteiger partial charge on any atom is -0.294 e. The normalized spacial score (nSPS) is 12.0. The van der Waals surface area contributed by atoms with Crippen molar-refractivity contribution in [2.45, 2.75) is 31.3 Å². The second-order valence-corrected chi connectivity index (χ2v) is 9.95. The molecule has 0 radical (unpaired) electrons. The molecule has 130 valence electrons. The molecular weight excluding hydrogens is 352 g/mol. The van der Waals surface area contributed by atoms with E-state index in [1.54, 1.807) is 49.4 Å². The van der Waals surface area contributed by atoms with Crippen molar-refractivity contribution in [1.29, 1.82) is 0 Å². The van der Waals surface area contributed by atoms with E-state index >= 15 is 0 Å². The van der Waals surface area contributed by atoms with E-state index in [0.717, 1.165) is 10.9 Å². The molecule has 5 heteroatoms. The number of hydrogen-bond donors (Lipinski definition) is 0. The average Bonchev–Trinajstić information content (AvgIpc) is 3.02. The first-order valence-electron chi connectivity index (χ1n) is 8.15. The van der Waals surface area contributed by atoms with Crippen molar-refractivity contribution in [3.8, 4) is 0 Å². The Labute approximate surface area is 152 Å². The van der Waals surface area contributed by atoms with Crippen LogP contribution in [-0.4, -0.2) is 19.5 Å². The van der Waals surface area contributed by atoms with E-state index in [0.29, 0.717) is 17.5 Å². The zero-order valence-corrected chi connectivity index (χ0v) is 15.9. The number of fused-ring (bicyclic) bond motifs is 1. The molecule has 0 saturated heterocycles. The van der Waals surface area contributed by atoms with Crippen LogP contribution in [0.25, 0.3) is 10.1 Å². The first kappa shape index (κ1) is 17.8. The minimum atomic E-state index is -3.13. The van der Waals surface area contributed by atoms with Crippen molar-refractivity contribution in [3.05, 3.63) is 70.6 Å². The highest BCUT2D eigenvalue weighted by Crippen LogP contribution is 2.22. The van der Waals surface area contributed by atoms with Gasteiger partial charge < -0.3 is 0 Å². The molecule has 2 aromatic carbocycles. The van der Waals surface area contributed by atoms with Gasteiger partial charge in [0.2, 0.25) is 0 Å². The van der Waals surface area contributed by atoms with Gasteiger partial charge in [-0.15, -0.1) is 11.3 Å². The monoisotopic (exact) mass is 372 g/mol. The highest BCUT2D eigenvalue weighted by atomic mass is 32.2. The third-order valence-corrected chi connectivity index (χ3v) is 7.31. The smallest absolute Gasteiger partial charge is 0.167 e. The molecule has 0 atom stereocenters. The number of carbonyl (C=O) groups is 1. The first-order chi connectivity index (χ1) is 11.8. The zero-order chi connectivity index (χ0) is 18.0. The summed E-state index contributed by atoms with van der Waals surface area (Å²) in [7, 11) is -3.13. The van der Waals surface area contributed by atoms with Gasteiger partial charge in [0.25, 0.3) is 0 Å². The molecule has 0 amide bonds. The summed E-state index contributed by atoms with van der Waals surface area (Å²) < 4.78 is 25.2. The number of Topliss-reactive ketones (excluding diaryl/α,β-unsaturated/α-hetero) is 1. The highest BCUT2D eigenvalue weighted by Gasteiger charge is 2.17. The van der Waals surface area contributed by atoms with Crippen LogP contribution in [0, 0.1) is 0 Å². The van der Waals surface area contributed by atoms with Gasteiger partial charge in [-0.05, 0) is 53.9 Å². The predicted molar refractivity (Wildman–Crippen MR) is 104 cm³/mol. The zero-order valence-electron chi connectivity index (χ0n) is 14.2. The van der Waals surface area contributed by atoms with Crippen LogP contribution in [0.15, 0.2) is 53.9 Å². The second kappa shape index (κ2) is 7.10. The maximum Gasteiger partial charge on any atom is 0.167 e. The van der Waals surface area contributed by atoms with Crippen molar-refractivity contribution in [1.82, 2.24) is 0 Å². The molecule has 3 nitrogen and oxygen atoms in total. The number of benzene rings is 2. The number of hydrogen-bond acceptors (Lipinski definition) is 4. The van der Waals surface area contributed by atoms with Gasteiger partial charge in [0.1, 0.15) is 0 Å². The molecule has 0 bridgehead atoms. The van der Waals surface area contributed by atoms with Gasteiger partial charge in [-0.2, -0.15) is 0 Å². The summed E-state index contributed by atoms with van der Waals surface area (Å²) in [6, 6.07) is 15.0. The first-order valence-corrected chi connectivity index (χ1v) is 10.7. The molecule has 3 aromatic rings. The van der Waals surface area contributed by atoms with E-state index < -0.39 is 15.1 Å². The van der Waals surface area contributed by atoms with Gasteiger partial charge in [0.05, 0.1) is 11.0 Å². The number of carbonyl (C=O) groups excluding carboxylic acids is 1. The van der Waals surface area contributed by atoms with Crippen LogP contribution in [0.2, 0.25) is 0 Å². The van der Waals surface area contributed by atoms with Gasteiger partial charge in [0, 0.05) is 16.7 Å². The molecule has 0 N–H and O–H groups in total. The fraction of sp³-hybridized carbons (Fsp3) is 0.250. The molecule has 0 unspecified atom stereocenters. The molecule has 3 rings (SSSR count). The molecule has 1 aromatic heterocycles. The maximum atomic E-state index is 12.5. The van der Waals surface area contributed by atoms with Gasteiger partial charge in [-0.25, -0.2) is 8.42 Å². The Balaban J connectivity index is 1.72. The van der Waals surface area contributed by atoms with Crippen molar-refractivity contribution >= 4 is 37.0 Å². The molecule has 1 heterocycles. The quantitative estimate of drug-likeness (QED) is 0.592. The lowest BCUT2D eigenvalue weighted by Gasteiger charge is -2.08. The van der Waals surface area contributed by atoms with Crippen molar-refractivity contribution < 1.29 is 13.2 Å². The third kappa shape index (κ3) is 4.17. The minimum absolute atomic E-state index is 0.00790. The lowest BCUT2D eigenvalue weighted by Crippen LogP contribution is -2.16. The fourth-order valence-corrected chi connectivity index (χ4v) is 4.36. The summed E-state index contributed by atoms with van der Waals surface area (Å²) in [6.07, 6.45) is 0.343. The van der Waals surface area contributed by atoms with Gasteiger partial charge in [-0.1, -0.05) is 30.3 Å². The molecule has 0 fully saturated rings. The largest absolute Gasteiger partial charge is 0.294 e. The SMILES string of the molecule is CC(C)S(=O)(=O)Cc1ccc(C(=O)Cc2ccc3sccc3c2)cc1. The van der Waals surface area contributed by atoms with E-state index in [2.05, 4.69) is 6.07 Å². The Hall–Kier alpha value is -1.98. The van der Waals surface area contributed by atoms with E-state index in [9.17, 15) is 13.2 Å². The fourth-order valence-electron chi connectivity index (χ4n) is 2.60. The molecule has 0 aliphatic rings. The van der Waals surface area contributed by atoms with Crippen molar-refractivity contribution in [3.63, 3.8) is 0 Å². The van der Waals surface area contributed by atoms with E-state index in [1.165, 1.54) is 4.70 Å². The number of rotatable bonds is 6. The van der Waals surface area contributed by atoms with E-state index in [4.69, 9.17) is 0 Å². The third-order valence-electron chi connectivity index (χ3n) is 4.24. The van der Waals surface area contributed by atoms with E-state index in [-0.39, 0.29) is 11.5 Å². The van der Waals surface area contributed by atoms with Crippen LogP contribution in [-0.2, 0) is 22.0 Å². The topological polar surface area (TPSA) is 51.2 Å². The van der Waals surface area contributed by atoms with Gasteiger partial charge in [0.15, 0.2) is 15.6 Å². The van der Waals surface area contributed by atoms with Gasteiger partial charge in [-0.3, -0.25) is 4.79 Å². The molecule has 0 aliphatic carbocycles. The Morgan fingerprint density at radius 3 is 2.36 bits per heavy atom. The summed E-state index contributed by atoms with van der Waals surface area (Å²) >= 11 is 1.69. The van der Waals surface area contributed by atoms with Crippen LogP contribution in [0.4, 0.5) is 0 Å². The number of ketones is 1. The second-order valence-electron chi connectivity index (χ2n) is 6.45. The summed E-state index contributed by atoms with van der Waals surface area (Å²) in [4.78, 5) is 12.5. The predicted octanol–water partition coefficient (Wildman–Crippen LogP) is 4.65. The van der Waals surface area contributed by atoms with Crippen LogP contribution in [0.5, 0.6) is 0 Å². The highest BCUT2D eigenvalue weighted by molar-refractivity contribution is 7.91. The lowest BCUT2D eigenvalue weighted by atomic mass is 10.0. The number of thiophene rings is 1. The Bertz CT molecular complexity index is 997. The molecular formula is C20H20O3S2. The standard InChI is InChI=1S/C20H20O3S2/c1-14(2)25(22,23)13-15-3-6-17(7-4-15)19(21)12-16-5-8-20-18(11-16)9-10-24-20/h3-11,14H,12-13H2,1-2H3. The summed E-state index contributed by atoms with van der Waals surface area (Å²) in [6.45, 7) is 3.36. The molecule has 25 heavy (non-hydrogen) atoms. The summed E-state index contributed by atoms with van der Waals surface area (Å²) in [5.74, 6) is 0.0429. The average molecular weight is 373 g/mol. The van der Waals surface area contributed by atoms with Crippen LogP contribution in [0.1, 0.15) is 35.3 Å². The Morgan fingerprint density at radius 2 is 1.68 bits per heavy atom. The Kier molecular flexibility index (Phi) is 5.06. The summed E-state index contributed by atoms with van der Waals surface area (Å²) in [5.41, 5.74) is 2.31. The lowest BCUT2D eigenvalue weighted by molar-refractivity contribution is 0.0993.